The molecular formula is C12H15ClF2N2O3. The summed E-state index contributed by atoms with van der Waals surface area (Å²) < 4.78 is 25.6. The van der Waals surface area contributed by atoms with Gasteiger partial charge in [0.1, 0.15) is 6.04 Å². The number of anilines is 1. The summed E-state index contributed by atoms with van der Waals surface area (Å²) in [6, 6.07) is 2.15. The number of likely N-dealkylation sites (N-methyl/N-ethyl adjacent to an activating group) is 1. The van der Waals surface area contributed by atoms with Gasteiger partial charge in [0.2, 0.25) is 5.91 Å². The maximum Gasteiger partial charge on any atom is 0.320 e. The second kappa shape index (κ2) is 7.76. The molecule has 0 saturated carbocycles. The SMILES string of the molecule is CC(C(=O)O)N(C)CC(=O)Nc1ccc(F)c(F)c1.Cl. The van der Waals surface area contributed by atoms with Crippen LogP contribution in [0, 0.1) is 11.6 Å². The number of benzene rings is 1. The van der Waals surface area contributed by atoms with E-state index >= 15 is 0 Å². The third-order valence-electron chi connectivity index (χ3n) is 2.61. The molecule has 0 heterocycles. The van der Waals surface area contributed by atoms with Crippen LogP contribution in [-0.4, -0.2) is 41.5 Å². The van der Waals surface area contributed by atoms with E-state index in [0.29, 0.717) is 0 Å². The Bertz CT molecular complexity index is 500. The predicted octanol–water partition coefficient (Wildman–Crippen LogP) is 1.73. The molecule has 0 aromatic heterocycles. The lowest BCUT2D eigenvalue weighted by molar-refractivity contribution is -0.142. The molecule has 0 radical (unpaired) electrons. The van der Waals surface area contributed by atoms with Crippen molar-refractivity contribution in [3.05, 3.63) is 29.8 Å². The Morgan fingerprint density at radius 3 is 2.45 bits per heavy atom. The number of carbonyl (C=O) groups is 2. The standard InChI is InChI=1S/C12H14F2N2O3.ClH/c1-7(12(18)19)16(2)6-11(17)15-8-3-4-9(13)10(14)5-8;/h3-5,7H,6H2,1-2H3,(H,15,17)(H,18,19);1H. The van der Waals surface area contributed by atoms with E-state index in [1.807, 2.05) is 0 Å². The molecule has 1 aromatic rings. The Labute approximate surface area is 121 Å². The quantitative estimate of drug-likeness (QED) is 0.869. The predicted molar refractivity (Wildman–Crippen MR) is 72.0 cm³/mol. The fraction of sp³-hybridized carbons (Fsp3) is 0.333. The van der Waals surface area contributed by atoms with Crippen molar-refractivity contribution in [1.82, 2.24) is 4.90 Å². The molecule has 1 rings (SSSR count). The first-order valence-corrected chi connectivity index (χ1v) is 5.49. The second-order valence-corrected chi connectivity index (χ2v) is 4.11. The van der Waals surface area contributed by atoms with Gasteiger partial charge in [-0.2, -0.15) is 0 Å². The smallest absolute Gasteiger partial charge is 0.320 e. The third-order valence-corrected chi connectivity index (χ3v) is 2.61. The number of amides is 1. The first-order valence-electron chi connectivity index (χ1n) is 5.49. The molecular weight excluding hydrogens is 294 g/mol. The summed E-state index contributed by atoms with van der Waals surface area (Å²) >= 11 is 0. The van der Waals surface area contributed by atoms with Gasteiger partial charge >= 0.3 is 5.97 Å². The molecule has 0 aliphatic heterocycles. The number of rotatable bonds is 5. The normalized spacial score (nSPS) is 11.7. The molecule has 0 fully saturated rings. The highest BCUT2D eigenvalue weighted by atomic mass is 35.5. The minimum atomic E-state index is -1.06. The number of halogens is 3. The molecule has 5 nitrogen and oxygen atoms in total. The van der Waals surface area contributed by atoms with Gasteiger partial charge in [0.15, 0.2) is 11.6 Å². The number of hydrogen-bond donors (Lipinski definition) is 2. The van der Waals surface area contributed by atoms with Crippen molar-refractivity contribution in [3.63, 3.8) is 0 Å². The number of carboxylic acids is 1. The molecule has 0 bridgehead atoms. The Hall–Kier alpha value is -1.73. The fourth-order valence-corrected chi connectivity index (χ4v) is 1.33. The van der Waals surface area contributed by atoms with E-state index < -0.39 is 29.6 Å². The van der Waals surface area contributed by atoms with E-state index in [0.717, 1.165) is 12.1 Å². The molecule has 1 aromatic carbocycles. The summed E-state index contributed by atoms with van der Waals surface area (Å²) in [5, 5.41) is 11.1. The maximum absolute atomic E-state index is 12.9. The van der Waals surface area contributed by atoms with Gasteiger partial charge < -0.3 is 10.4 Å². The van der Waals surface area contributed by atoms with Crippen LogP contribution in [0.4, 0.5) is 14.5 Å². The first-order chi connectivity index (χ1) is 8.81. The highest BCUT2D eigenvalue weighted by molar-refractivity contribution is 5.92. The summed E-state index contributed by atoms with van der Waals surface area (Å²) in [5.41, 5.74) is 0.111. The molecule has 8 heteroatoms. The lowest BCUT2D eigenvalue weighted by Crippen LogP contribution is -2.40. The largest absolute Gasteiger partial charge is 0.480 e. The van der Waals surface area contributed by atoms with Crippen molar-refractivity contribution >= 4 is 30.0 Å². The molecule has 1 unspecified atom stereocenters. The summed E-state index contributed by atoms with van der Waals surface area (Å²) in [4.78, 5) is 23.6. The minimum absolute atomic E-state index is 0. The zero-order valence-corrected chi connectivity index (χ0v) is 11.7. The number of carboxylic acid groups (broad SMARTS) is 1. The van der Waals surface area contributed by atoms with Gasteiger partial charge in [-0.3, -0.25) is 14.5 Å². The molecule has 0 aliphatic carbocycles. The molecule has 0 saturated heterocycles. The van der Waals surface area contributed by atoms with Gasteiger partial charge in [0.25, 0.3) is 0 Å². The molecule has 0 aliphatic rings. The number of hydrogen-bond acceptors (Lipinski definition) is 3. The number of carbonyl (C=O) groups excluding carboxylic acids is 1. The molecule has 1 amide bonds. The van der Waals surface area contributed by atoms with Crippen LogP contribution in [0.15, 0.2) is 18.2 Å². The molecule has 2 N–H and O–H groups in total. The van der Waals surface area contributed by atoms with Gasteiger partial charge in [-0.1, -0.05) is 0 Å². The van der Waals surface area contributed by atoms with Crippen LogP contribution in [0.5, 0.6) is 0 Å². The maximum atomic E-state index is 12.9. The Kier molecular flexibility index (Phi) is 7.09. The van der Waals surface area contributed by atoms with Crippen LogP contribution in [-0.2, 0) is 9.59 Å². The zero-order chi connectivity index (χ0) is 14.6. The average Bonchev–Trinajstić information content (AvgIpc) is 2.32. The van der Waals surface area contributed by atoms with Crippen LogP contribution in [0.1, 0.15) is 6.92 Å². The Morgan fingerprint density at radius 1 is 1.35 bits per heavy atom. The van der Waals surface area contributed by atoms with Crippen molar-refractivity contribution in [1.29, 1.82) is 0 Å². The fourth-order valence-electron chi connectivity index (χ4n) is 1.33. The van der Waals surface area contributed by atoms with Crippen LogP contribution in [0.3, 0.4) is 0 Å². The van der Waals surface area contributed by atoms with Crippen molar-refractivity contribution < 1.29 is 23.5 Å². The monoisotopic (exact) mass is 308 g/mol. The number of aliphatic carboxylic acids is 1. The van der Waals surface area contributed by atoms with Gasteiger partial charge in [-0.05, 0) is 26.1 Å². The van der Waals surface area contributed by atoms with Crippen LogP contribution < -0.4 is 5.32 Å². The van der Waals surface area contributed by atoms with Crippen molar-refractivity contribution in [2.45, 2.75) is 13.0 Å². The number of nitrogens with zero attached hydrogens (tertiary/aromatic N) is 1. The van der Waals surface area contributed by atoms with Crippen LogP contribution in [0.2, 0.25) is 0 Å². The molecule has 1 atom stereocenters. The molecule has 20 heavy (non-hydrogen) atoms. The van der Waals surface area contributed by atoms with Gasteiger partial charge in [-0.15, -0.1) is 12.4 Å². The molecule has 112 valence electrons. The van der Waals surface area contributed by atoms with E-state index in [1.165, 1.54) is 24.9 Å². The van der Waals surface area contributed by atoms with Crippen molar-refractivity contribution in [2.24, 2.45) is 0 Å². The molecule has 0 spiro atoms. The summed E-state index contributed by atoms with van der Waals surface area (Å²) in [6.45, 7) is 1.26. The van der Waals surface area contributed by atoms with Crippen LogP contribution in [0.25, 0.3) is 0 Å². The Balaban J connectivity index is 0.00000361. The van der Waals surface area contributed by atoms with Crippen molar-refractivity contribution in [3.8, 4) is 0 Å². The topological polar surface area (TPSA) is 69.6 Å². The van der Waals surface area contributed by atoms with E-state index in [9.17, 15) is 18.4 Å². The van der Waals surface area contributed by atoms with E-state index in [-0.39, 0.29) is 24.6 Å². The first kappa shape index (κ1) is 18.3. The number of nitrogens with one attached hydrogen (secondary N) is 1. The highest BCUT2D eigenvalue weighted by Crippen LogP contribution is 2.13. The summed E-state index contributed by atoms with van der Waals surface area (Å²) in [6.07, 6.45) is 0. The second-order valence-electron chi connectivity index (χ2n) is 4.11. The van der Waals surface area contributed by atoms with Gasteiger partial charge in [0.05, 0.1) is 6.54 Å². The van der Waals surface area contributed by atoms with E-state index in [2.05, 4.69) is 5.32 Å². The minimum Gasteiger partial charge on any atom is -0.480 e. The van der Waals surface area contributed by atoms with Crippen LogP contribution >= 0.6 is 12.4 Å². The summed E-state index contributed by atoms with van der Waals surface area (Å²) in [7, 11) is 1.48. The zero-order valence-electron chi connectivity index (χ0n) is 10.9. The Morgan fingerprint density at radius 2 is 1.95 bits per heavy atom. The van der Waals surface area contributed by atoms with E-state index in [4.69, 9.17) is 5.11 Å². The summed E-state index contributed by atoms with van der Waals surface area (Å²) in [5.74, 6) is -3.63. The highest BCUT2D eigenvalue weighted by Gasteiger charge is 2.19. The average molecular weight is 309 g/mol. The van der Waals surface area contributed by atoms with E-state index in [1.54, 1.807) is 0 Å². The van der Waals surface area contributed by atoms with Gasteiger partial charge in [0, 0.05) is 11.8 Å². The van der Waals surface area contributed by atoms with Crippen molar-refractivity contribution in [2.75, 3.05) is 18.9 Å². The third kappa shape index (κ3) is 5.10. The van der Waals surface area contributed by atoms with Gasteiger partial charge in [-0.25, -0.2) is 8.78 Å². The lowest BCUT2D eigenvalue weighted by Gasteiger charge is -2.20. The lowest BCUT2D eigenvalue weighted by atomic mass is 10.3.